The zero-order valence-electron chi connectivity index (χ0n) is 17.4. The first-order valence-electron chi connectivity index (χ1n) is 10.0. The van der Waals surface area contributed by atoms with Gasteiger partial charge in [-0.05, 0) is 50.9 Å². The number of piperidine rings is 1. The Kier molecular flexibility index (Phi) is 8.51. The Labute approximate surface area is 168 Å². The Morgan fingerprint density at radius 1 is 1.25 bits per heavy atom. The Morgan fingerprint density at radius 2 is 2.00 bits per heavy atom. The van der Waals surface area contributed by atoms with Gasteiger partial charge in [-0.2, -0.15) is 0 Å². The topological polar surface area (TPSA) is 59.1 Å². The largest absolute Gasteiger partial charge is 0.493 e. The van der Waals surface area contributed by atoms with Crippen LogP contribution in [-0.2, 0) is 9.59 Å². The summed E-state index contributed by atoms with van der Waals surface area (Å²) in [6.45, 7) is 9.61. The molecule has 1 aromatic carbocycles. The second-order valence-corrected chi connectivity index (χ2v) is 7.02. The Bertz CT molecular complexity index is 698. The van der Waals surface area contributed by atoms with Gasteiger partial charge in [0.1, 0.15) is 0 Å². The second-order valence-electron chi connectivity index (χ2n) is 7.02. The summed E-state index contributed by atoms with van der Waals surface area (Å²) in [7, 11) is 1.55. The molecule has 1 unspecified atom stereocenters. The van der Waals surface area contributed by atoms with Crippen LogP contribution in [0.5, 0.6) is 11.5 Å². The molecule has 0 saturated carbocycles. The molecule has 1 aliphatic heterocycles. The monoisotopic (exact) mass is 388 g/mol. The van der Waals surface area contributed by atoms with E-state index in [9.17, 15) is 9.59 Å². The summed E-state index contributed by atoms with van der Waals surface area (Å²) in [6, 6.07) is 5.47. The van der Waals surface area contributed by atoms with E-state index < -0.39 is 0 Å². The number of hydrogen-bond acceptors (Lipinski definition) is 5. The summed E-state index contributed by atoms with van der Waals surface area (Å²) in [5, 5.41) is 0. The van der Waals surface area contributed by atoms with Crippen LogP contribution >= 0.6 is 0 Å². The normalized spacial score (nSPS) is 17.5. The molecule has 0 aromatic heterocycles. The number of carbonyl (C=O) groups is 2. The van der Waals surface area contributed by atoms with Crippen LogP contribution in [0.25, 0.3) is 6.08 Å². The lowest BCUT2D eigenvalue weighted by Crippen LogP contribution is -2.44. The van der Waals surface area contributed by atoms with Gasteiger partial charge in [0.25, 0.3) is 0 Å². The molecule has 1 aromatic rings. The maximum absolute atomic E-state index is 12.6. The van der Waals surface area contributed by atoms with E-state index in [2.05, 4.69) is 11.0 Å². The quantitative estimate of drug-likeness (QED) is 0.506. The molecule has 1 saturated heterocycles. The second kappa shape index (κ2) is 10.9. The molecular formula is C22H32N2O4. The predicted molar refractivity (Wildman–Crippen MR) is 110 cm³/mol. The average molecular weight is 389 g/mol. The van der Waals surface area contributed by atoms with Gasteiger partial charge in [0.05, 0.1) is 13.0 Å². The van der Waals surface area contributed by atoms with E-state index in [0.717, 1.165) is 51.1 Å². The van der Waals surface area contributed by atoms with E-state index >= 15 is 0 Å². The lowest BCUT2D eigenvalue weighted by molar-refractivity contribution is -0.137. The van der Waals surface area contributed by atoms with E-state index in [-0.39, 0.29) is 17.8 Å². The van der Waals surface area contributed by atoms with Gasteiger partial charge in [0, 0.05) is 33.1 Å². The standard InChI is InChI=1S/C22H32N2O4/c1-5-24(6-2)22(26)19-10-8-14-23(16-19)13-7-9-18-11-12-20(28-17(3)25)21(15-18)27-4/h7,9,11-12,15,19H,5-6,8,10,13-14,16H2,1-4H3. The Hall–Kier alpha value is -2.34. The molecule has 1 atom stereocenters. The fourth-order valence-corrected chi connectivity index (χ4v) is 3.58. The van der Waals surface area contributed by atoms with Crippen molar-refractivity contribution >= 4 is 18.0 Å². The van der Waals surface area contributed by atoms with Crippen molar-refractivity contribution in [2.75, 3.05) is 39.8 Å². The van der Waals surface area contributed by atoms with Crippen LogP contribution < -0.4 is 9.47 Å². The number of nitrogens with zero attached hydrogens (tertiary/aromatic N) is 2. The Balaban J connectivity index is 1.95. The zero-order chi connectivity index (χ0) is 20.5. The van der Waals surface area contributed by atoms with Gasteiger partial charge in [-0.3, -0.25) is 14.5 Å². The summed E-state index contributed by atoms with van der Waals surface area (Å²) >= 11 is 0. The lowest BCUT2D eigenvalue weighted by atomic mass is 9.96. The van der Waals surface area contributed by atoms with Gasteiger partial charge < -0.3 is 14.4 Å². The maximum atomic E-state index is 12.6. The molecule has 0 N–H and O–H groups in total. The summed E-state index contributed by atoms with van der Waals surface area (Å²) in [5.74, 6) is 0.955. The van der Waals surface area contributed by atoms with Crippen molar-refractivity contribution in [1.29, 1.82) is 0 Å². The maximum Gasteiger partial charge on any atom is 0.308 e. The predicted octanol–water partition coefficient (Wildman–Crippen LogP) is 3.21. The van der Waals surface area contributed by atoms with Crippen LogP contribution in [0, 0.1) is 5.92 Å². The number of ether oxygens (including phenoxy) is 2. The molecular weight excluding hydrogens is 356 g/mol. The molecule has 0 spiro atoms. The summed E-state index contributed by atoms with van der Waals surface area (Å²) in [6.07, 6.45) is 6.15. The van der Waals surface area contributed by atoms with Crippen LogP contribution in [0.1, 0.15) is 39.2 Å². The minimum absolute atomic E-state index is 0.102. The molecule has 1 amide bonds. The molecule has 6 heteroatoms. The van der Waals surface area contributed by atoms with Crippen molar-refractivity contribution in [3.63, 3.8) is 0 Å². The molecule has 28 heavy (non-hydrogen) atoms. The fourth-order valence-electron chi connectivity index (χ4n) is 3.58. The minimum atomic E-state index is -0.375. The van der Waals surface area contributed by atoms with E-state index in [4.69, 9.17) is 9.47 Å². The lowest BCUT2D eigenvalue weighted by Gasteiger charge is -2.33. The molecule has 154 valence electrons. The van der Waals surface area contributed by atoms with Crippen LogP contribution in [0.15, 0.2) is 24.3 Å². The van der Waals surface area contributed by atoms with E-state index in [1.807, 2.05) is 37.0 Å². The Morgan fingerprint density at radius 3 is 2.64 bits per heavy atom. The van der Waals surface area contributed by atoms with Gasteiger partial charge in [-0.25, -0.2) is 0 Å². The third kappa shape index (κ3) is 6.09. The molecule has 1 fully saturated rings. The molecule has 2 rings (SSSR count). The zero-order valence-corrected chi connectivity index (χ0v) is 17.4. The molecule has 1 aliphatic rings. The minimum Gasteiger partial charge on any atom is -0.493 e. The highest BCUT2D eigenvalue weighted by atomic mass is 16.6. The number of likely N-dealkylation sites (tertiary alicyclic amines) is 1. The number of esters is 1. The first-order chi connectivity index (χ1) is 13.5. The molecule has 6 nitrogen and oxygen atoms in total. The summed E-state index contributed by atoms with van der Waals surface area (Å²) in [5.41, 5.74) is 0.973. The van der Waals surface area contributed by atoms with E-state index in [1.165, 1.54) is 6.92 Å². The van der Waals surface area contributed by atoms with Crippen LogP contribution in [-0.4, -0.2) is 61.5 Å². The smallest absolute Gasteiger partial charge is 0.308 e. The first-order valence-corrected chi connectivity index (χ1v) is 10.0. The third-order valence-corrected chi connectivity index (χ3v) is 5.05. The van der Waals surface area contributed by atoms with Crippen molar-refractivity contribution in [1.82, 2.24) is 9.80 Å². The van der Waals surface area contributed by atoms with Crippen LogP contribution in [0.4, 0.5) is 0 Å². The number of benzene rings is 1. The van der Waals surface area contributed by atoms with E-state index in [0.29, 0.717) is 11.5 Å². The van der Waals surface area contributed by atoms with Crippen LogP contribution in [0.2, 0.25) is 0 Å². The third-order valence-electron chi connectivity index (χ3n) is 5.05. The van der Waals surface area contributed by atoms with Gasteiger partial charge >= 0.3 is 5.97 Å². The number of rotatable bonds is 8. The molecule has 1 heterocycles. The van der Waals surface area contributed by atoms with Crippen molar-refractivity contribution in [3.05, 3.63) is 29.8 Å². The first kappa shape index (κ1) is 22.0. The van der Waals surface area contributed by atoms with Crippen molar-refractivity contribution in [2.45, 2.75) is 33.6 Å². The summed E-state index contributed by atoms with van der Waals surface area (Å²) in [4.78, 5) is 28.0. The van der Waals surface area contributed by atoms with Gasteiger partial charge in [0.15, 0.2) is 11.5 Å². The van der Waals surface area contributed by atoms with Gasteiger partial charge in [-0.1, -0.05) is 18.2 Å². The average Bonchev–Trinajstić information content (AvgIpc) is 2.69. The highest BCUT2D eigenvalue weighted by Gasteiger charge is 2.27. The fraction of sp³-hybridized carbons (Fsp3) is 0.545. The molecule has 0 aliphatic carbocycles. The molecule has 0 radical (unpaired) electrons. The van der Waals surface area contributed by atoms with Gasteiger partial charge in [-0.15, -0.1) is 0 Å². The number of methoxy groups -OCH3 is 1. The highest BCUT2D eigenvalue weighted by Crippen LogP contribution is 2.28. The summed E-state index contributed by atoms with van der Waals surface area (Å²) < 4.78 is 10.4. The SMILES string of the molecule is CCN(CC)C(=O)C1CCCN(CC=Cc2ccc(OC(C)=O)c(OC)c2)C1. The van der Waals surface area contributed by atoms with Crippen LogP contribution in [0.3, 0.4) is 0 Å². The number of carbonyl (C=O) groups excluding carboxylic acids is 2. The number of hydrogen-bond donors (Lipinski definition) is 0. The highest BCUT2D eigenvalue weighted by molar-refractivity contribution is 5.79. The van der Waals surface area contributed by atoms with Gasteiger partial charge in [0.2, 0.25) is 5.91 Å². The van der Waals surface area contributed by atoms with Crippen molar-refractivity contribution < 1.29 is 19.1 Å². The van der Waals surface area contributed by atoms with Crippen molar-refractivity contribution in [3.8, 4) is 11.5 Å². The van der Waals surface area contributed by atoms with E-state index in [1.54, 1.807) is 13.2 Å². The molecule has 0 bridgehead atoms. The van der Waals surface area contributed by atoms with Crippen molar-refractivity contribution in [2.24, 2.45) is 5.92 Å². The number of amides is 1.